The Bertz CT molecular complexity index is 1110. The first-order valence-corrected chi connectivity index (χ1v) is 8.99. The Morgan fingerprint density at radius 3 is 3.00 bits per heavy atom. The zero-order valence-electron chi connectivity index (χ0n) is 15.2. The molecule has 5 rings (SSSR count). The normalized spacial score (nSPS) is 19.0. The quantitative estimate of drug-likeness (QED) is 0.737. The summed E-state index contributed by atoms with van der Waals surface area (Å²) in [6.07, 6.45) is 2.73. The van der Waals surface area contributed by atoms with Gasteiger partial charge >= 0.3 is 5.69 Å². The van der Waals surface area contributed by atoms with Gasteiger partial charge in [0.2, 0.25) is 0 Å². The van der Waals surface area contributed by atoms with Crippen LogP contribution >= 0.6 is 0 Å². The number of nitrogens with one attached hydrogen (secondary N) is 1. The summed E-state index contributed by atoms with van der Waals surface area (Å²) in [6.45, 7) is 4.08. The van der Waals surface area contributed by atoms with E-state index in [4.69, 9.17) is 4.74 Å². The molecule has 2 aliphatic heterocycles. The van der Waals surface area contributed by atoms with Crippen molar-refractivity contribution in [1.82, 2.24) is 24.1 Å². The largest absolute Gasteiger partial charge is 0.469 e. The van der Waals surface area contributed by atoms with Crippen LogP contribution in [0.3, 0.4) is 0 Å². The zero-order valence-corrected chi connectivity index (χ0v) is 15.2. The summed E-state index contributed by atoms with van der Waals surface area (Å²) in [5.41, 5.74) is 1.74. The van der Waals surface area contributed by atoms with Crippen LogP contribution in [0.2, 0.25) is 0 Å². The molecule has 0 aromatic carbocycles. The van der Waals surface area contributed by atoms with Crippen LogP contribution in [0.1, 0.15) is 23.8 Å². The Kier molecular flexibility index (Phi) is 3.33. The van der Waals surface area contributed by atoms with Crippen molar-refractivity contribution in [2.24, 2.45) is 13.0 Å². The summed E-state index contributed by atoms with van der Waals surface area (Å²) in [4.78, 5) is 31.7. The molecule has 1 atom stereocenters. The van der Waals surface area contributed by atoms with Gasteiger partial charge in [-0.25, -0.2) is 9.48 Å². The van der Waals surface area contributed by atoms with Crippen molar-refractivity contribution in [2.75, 3.05) is 24.7 Å². The highest BCUT2D eigenvalue weighted by molar-refractivity contribution is 5.95. The molecule has 5 heterocycles. The molecule has 0 radical (unpaired) electrons. The lowest BCUT2D eigenvalue weighted by Crippen LogP contribution is -2.29. The fourth-order valence-electron chi connectivity index (χ4n) is 3.78. The first kappa shape index (κ1) is 16.0. The minimum Gasteiger partial charge on any atom is -0.469 e. The van der Waals surface area contributed by atoms with E-state index < -0.39 is 0 Å². The zero-order chi connectivity index (χ0) is 18.7. The second-order valence-corrected chi connectivity index (χ2v) is 7.26. The van der Waals surface area contributed by atoms with Crippen LogP contribution in [0, 0.1) is 5.92 Å². The highest BCUT2D eigenvalue weighted by Crippen LogP contribution is 2.39. The fourth-order valence-corrected chi connectivity index (χ4v) is 3.78. The number of hydrogen-bond donors (Lipinski definition) is 1. The van der Waals surface area contributed by atoms with Gasteiger partial charge in [-0.3, -0.25) is 14.1 Å². The van der Waals surface area contributed by atoms with Gasteiger partial charge in [-0.05, 0) is 18.4 Å². The van der Waals surface area contributed by atoms with Gasteiger partial charge < -0.3 is 14.6 Å². The molecule has 9 heteroatoms. The van der Waals surface area contributed by atoms with Crippen molar-refractivity contribution in [1.29, 1.82) is 0 Å². The van der Waals surface area contributed by atoms with Crippen LogP contribution in [0.5, 0.6) is 5.75 Å². The molecular formula is C18H20N6O3. The number of ether oxygens (including phenoxy) is 1. The molecule has 1 saturated heterocycles. The van der Waals surface area contributed by atoms with E-state index in [1.807, 2.05) is 21.9 Å². The van der Waals surface area contributed by atoms with E-state index in [-0.39, 0.29) is 11.6 Å². The number of pyridine rings is 1. The molecule has 1 unspecified atom stereocenters. The Hall–Kier alpha value is -3.23. The van der Waals surface area contributed by atoms with Crippen LogP contribution in [0.4, 0.5) is 11.5 Å². The number of anilines is 2. The maximum atomic E-state index is 12.7. The van der Waals surface area contributed by atoms with Gasteiger partial charge in [0.25, 0.3) is 5.91 Å². The third-order valence-corrected chi connectivity index (χ3v) is 5.29. The number of amides is 1. The summed E-state index contributed by atoms with van der Waals surface area (Å²) in [6, 6.07) is 5.42. The van der Waals surface area contributed by atoms with E-state index in [1.54, 1.807) is 19.3 Å². The number of nitrogens with zero attached hydrogens (tertiary/aromatic N) is 5. The standard InChI is InChI=1S/C18H20N6O3/c1-11-3-5-22(9-11)17(25)13-8-14-16(19-13)24(10-27-14)12-4-6-23-15(7-12)20-21(2)18(23)26/h4,6-8,11,19H,3,5,9-10H2,1-2H3. The molecule has 140 valence electrons. The van der Waals surface area contributed by atoms with Crippen LogP contribution in [-0.2, 0) is 7.05 Å². The Balaban J connectivity index is 1.47. The maximum Gasteiger partial charge on any atom is 0.350 e. The van der Waals surface area contributed by atoms with Crippen molar-refractivity contribution in [3.05, 3.63) is 40.6 Å². The summed E-state index contributed by atoms with van der Waals surface area (Å²) >= 11 is 0. The van der Waals surface area contributed by atoms with Crippen LogP contribution < -0.4 is 15.3 Å². The minimum absolute atomic E-state index is 0.00373. The highest BCUT2D eigenvalue weighted by Gasteiger charge is 2.30. The summed E-state index contributed by atoms with van der Waals surface area (Å²) in [5.74, 6) is 1.94. The van der Waals surface area contributed by atoms with Gasteiger partial charge in [-0.1, -0.05) is 6.92 Å². The Morgan fingerprint density at radius 2 is 2.22 bits per heavy atom. The van der Waals surface area contributed by atoms with Gasteiger partial charge in [0, 0.05) is 38.5 Å². The predicted molar refractivity (Wildman–Crippen MR) is 98.5 cm³/mol. The molecular weight excluding hydrogens is 348 g/mol. The average Bonchev–Trinajstić information content (AvgIpc) is 3.39. The second-order valence-electron chi connectivity index (χ2n) is 7.26. The summed E-state index contributed by atoms with van der Waals surface area (Å²) < 4.78 is 8.54. The van der Waals surface area contributed by atoms with Crippen LogP contribution in [-0.4, -0.2) is 49.8 Å². The lowest BCUT2D eigenvalue weighted by molar-refractivity contribution is 0.0782. The lowest BCUT2D eigenvalue weighted by Gasteiger charge is -2.17. The molecule has 3 aromatic rings. The lowest BCUT2D eigenvalue weighted by atomic mass is 10.2. The monoisotopic (exact) mass is 368 g/mol. The van der Waals surface area contributed by atoms with Crippen LogP contribution in [0.15, 0.2) is 29.2 Å². The molecule has 1 fully saturated rings. The van der Waals surface area contributed by atoms with Crippen molar-refractivity contribution < 1.29 is 9.53 Å². The van der Waals surface area contributed by atoms with E-state index in [2.05, 4.69) is 17.0 Å². The third-order valence-electron chi connectivity index (χ3n) is 5.29. The topological polar surface area (TPSA) is 87.9 Å². The highest BCUT2D eigenvalue weighted by atomic mass is 16.5. The SMILES string of the molecule is CC1CCN(C(=O)c2cc3c([nH]2)N(c2ccn4c(=O)n(C)nc4c2)CO3)C1. The summed E-state index contributed by atoms with van der Waals surface area (Å²) in [7, 11) is 1.62. The number of aromatic amines is 1. The van der Waals surface area contributed by atoms with Crippen molar-refractivity contribution in [3.63, 3.8) is 0 Å². The van der Waals surface area contributed by atoms with E-state index in [0.717, 1.165) is 31.0 Å². The molecule has 1 amide bonds. The first-order chi connectivity index (χ1) is 13.0. The molecule has 9 nitrogen and oxygen atoms in total. The van der Waals surface area contributed by atoms with E-state index >= 15 is 0 Å². The maximum absolute atomic E-state index is 12.7. The number of aromatic nitrogens is 4. The number of likely N-dealkylation sites (tertiary alicyclic amines) is 1. The number of carbonyl (C=O) groups excluding carboxylic acids is 1. The van der Waals surface area contributed by atoms with Gasteiger partial charge in [-0.15, -0.1) is 0 Å². The minimum atomic E-state index is -0.192. The molecule has 0 bridgehead atoms. The first-order valence-electron chi connectivity index (χ1n) is 8.99. The second kappa shape index (κ2) is 5.63. The number of aryl methyl sites for hydroxylation is 1. The number of H-pyrrole nitrogens is 1. The third kappa shape index (κ3) is 2.42. The smallest absolute Gasteiger partial charge is 0.350 e. The van der Waals surface area contributed by atoms with Crippen molar-refractivity contribution >= 4 is 23.1 Å². The fraction of sp³-hybridized carbons (Fsp3) is 0.389. The van der Waals surface area contributed by atoms with Gasteiger partial charge in [0.05, 0.1) is 5.69 Å². The van der Waals surface area contributed by atoms with E-state index in [9.17, 15) is 9.59 Å². The van der Waals surface area contributed by atoms with E-state index in [1.165, 1.54) is 9.08 Å². The molecule has 0 aliphatic carbocycles. The molecule has 0 spiro atoms. The molecule has 1 N–H and O–H groups in total. The van der Waals surface area contributed by atoms with Gasteiger partial charge in [0.1, 0.15) is 5.69 Å². The number of hydrogen-bond acceptors (Lipinski definition) is 5. The average molecular weight is 368 g/mol. The van der Waals surface area contributed by atoms with Gasteiger partial charge in [-0.2, -0.15) is 5.10 Å². The van der Waals surface area contributed by atoms with Crippen LogP contribution in [0.25, 0.3) is 5.65 Å². The van der Waals surface area contributed by atoms with Crippen molar-refractivity contribution in [3.8, 4) is 5.75 Å². The molecule has 27 heavy (non-hydrogen) atoms. The Labute approximate surface area is 154 Å². The van der Waals surface area contributed by atoms with Gasteiger partial charge in [0.15, 0.2) is 23.9 Å². The molecule has 2 aliphatic rings. The predicted octanol–water partition coefficient (Wildman–Crippen LogP) is 1.33. The summed E-state index contributed by atoms with van der Waals surface area (Å²) in [5, 5.41) is 4.22. The Morgan fingerprint density at radius 1 is 1.37 bits per heavy atom. The number of carbonyl (C=O) groups is 1. The number of rotatable bonds is 2. The number of fused-ring (bicyclic) bond motifs is 2. The van der Waals surface area contributed by atoms with E-state index in [0.29, 0.717) is 29.7 Å². The molecule has 3 aromatic heterocycles. The molecule has 0 saturated carbocycles. The van der Waals surface area contributed by atoms with Crippen molar-refractivity contribution in [2.45, 2.75) is 13.3 Å².